The first-order valence-electron chi connectivity index (χ1n) is 12.8. The molecule has 1 aliphatic rings. The number of ether oxygens (including phenoxy) is 1. The summed E-state index contributed by atoms with van der Waals surface area (Å²) in [7, 11) is 1.58. The number of ketones is 1. The van der Waals surface area contributed by atoms with Crippen LogP contribution in [-0.4, -0.2) is 45.8 Å². The lowest BCUT2D eigenvalue weighted by molar-refractivity contribution is -0.145. The molecule has 1 amide bonds. The Morgan fingerprint density at radius 2 is 1.78 bits per heavy atom. The van der Waals surface area contributed by atoms with Gasteiger partial charge in [0.25, 0.3) is 5.91 Å². The molecule has 2 aromatic rings. The first-order chi connectivity index (χ1) is 17.1. The number of benzene rings is 1. The summed E-state index contributed by atoms with van der Waals surface area (Å²) in [5.74, 6) is -2.32. The molecule has 8 heteroatoms. The van der Waals surface area contributed by atoms with Gasteiger partial charge in [0.05, 0.1) is 19.1 Å². The van der Waals surface area contributed by atoms with Crippen LogP contribution in [0, 0.1) is 23.2 Å². The van der Waals surface area contributed by atoms with Crippen LogP contribution >= 0.6 is 11.3 Å². The third-order valence-corrected chi connectivity index (χ3v) is 8.07. The minimum Gasteiger partial charge on any atom is -0.496 e. The molecule has 0 aliphatic carbocycles. The summed E-state index contributed by atoms with van der Waals surface area (Å²) < 4.78 is 5.65. The normalized spacial score (nSPS) is 21.2. The average molecular weight is 529 g/mol. The molecule has 37 heavy (non-hydrogen) atoms. The predicted molar refractivity (Wildman–Crippen MR) is 145 cm³/mol. The van der Waals surface area contributed by atoms with Crippen molar-refractivity contribution in [2.45, 2.75) is 79.3 Å². The number of amides is 1. The van der Waals surface area contributed by atoms with Gasteiger partial charge < -0.3 is 14.7 Å². The Bertz CT molecular complexity index is 1140. The van der Waals surface area contributed by atoms with Crippen LogP contribution in [0.2, 0.25) is 0 Å². The Morgan fingerprint density at radius 1 is 1.14 bits per heavy atom. The Morgan fingerprint density at radius 3 is 2.24 bits per heavy atom. The van der Waals surface area contributed by atoms with Crippen LogP contribution in [0.5, 0.6) is 5.75 Å². The summed E-state index contributed by atoms with van der Waals surface area (Å²) in [6.07, 6.45) is 1.94. The van der Waals surface area contributed by atoms with Crippen molar-refractivity contribution in [1.82, 2.24) is 9.88 Å². The van der Waals surface area contributed by atoms with Crippen LogP contribution in [0.25, 0.3) is 0 Å². The van der Waals surface area contributed by atoms with Crippen molar-refractivity contribution in [3.63, 3.8) is 0 Å². The van der Waals surface area contributed by atoms with E-state index in [0.29, 0.717) is 16.3 Å². The minimum atomic E-state index is -0.972. The molecule has 0 radical (unpaired) electrons. The lowest BCUT2D eigenvalue weighted by Crippen LogP contribution is -2.46. The van der Waals surface area contributed by atoms with Gasteiger partial charge in [0, 0.05) is 34.5 Å². The van der Waals surface area contributed by atoms with Crippen molar-refractivity contribution in [3.05, 3.63) is 45.9 Å². The van der Waals surface area contributed by atoms with E-state index in [1.165, 1.54) is 11.3 Å². The highest BCUT2D eigenvalue weighted by atomic mass is 32.1. The number of carbonyl (C=O) groups is 3. The summed E-state index contributed by atoms with van der Waals surface area (Å²) in [6, 6.07) is 4.08. The molecule has 1 N–H and O–H groups in total. The molecule has 1 aliphatic heterocycles. The molecular weight excluding hydrogens is 488 g/mol. The van der Waals surface area contributed by atoms with Gasteiger partial charge in [-0.05, 0) is 35.4 Å². The Labute approximate surface area is 224 Å². The number of aromatic nitrogens is 1. The molecule has 202 valence electrons. The topological polar surface area (TPSA) is 96.8 Å². The molecule has 4 atom stereocenters. The zero-order chi connectivity index (χ0) is 27.9. The van der Waals surface area contributed by atoms with Crippen molar-refractivity contribution in [3.8, 4) is 5.75 Å². The number of hydrogen-bond acceptors (Lipinski definition) is 6. The number of aliphatic carboxylic acids is 1. The lowest BCUT2D eigenvalue weighted by Gasteiger charge is -2.35. The van der Waals surface area contributed by atoms with Gasteiger partial charge in [-0.1, -0.05) is 61.5 Å². The summed E-state index contributed by atoms with van der Waals surface area (Å²) in [5, 5.41) is 12.7. The van der Waals surface area contributed by atoms with Crippen LogP contribution in [0.1, 0.15) is 88.8 Å². The van der Waals surface area contributed by atoms with E-state index in [2.05, 4.69) is 25.8 Å². The van der Waals surface area contributed by atoms with E-state index in [-0.39, 0.29) is 29.4 Å². The number of hydrogen-bond donors (Lipinski definition) is 1. The fraction of sp³-hybridized carbons (Fsp3) is 0.586. The van der Waals surface area contributed by atoms with Gasteiger partial charge in [0.1, 0.15) is 16.5 Å². The van der Waals surface area contributed by atoms with Gasteiger partial charge in [-0.3, -0.25) is 14.4 Å². The van der Waals surface area contributed by atoms with E-state index >= 15 is 0 Å². The van der Waals surface area contributed by atoms with E-state index in [4.69, 9.17) is 4.74 Å². The predicted octanol–water partition coefficient (Wildman–Crippen LogP) is 5.99. The molecule has 1 saturated heterocycles. The first-order valence-corrected chi connectivity index (χ1v) is 13.6. The number of thiazole rings is 1. The van der Waals surface area contributed by atoms with E-state index in [1.807, 2.05) is 46.1 Å². The smallest absolute Gasteiger partial charge is 0.308 e. The van der Waals surface area contributed by atoms with Gasteiger partial charge in [-0.2, -0.15) is 0 Å². The average Bonchev–Trinajstić information content (AvgIpc) is 3.44. The standard InChI is InChI=1S/C29H40N2O5S/c1-16(2)22(27(34)35)20-15-18(24(32)29(6,7)8)23(25-30-12-13-37-25)31(20)26(33)17-10-11-19(28(3,4)5)21(14-17)36-9/h10-14,16,18,20,22-23H,15H2,1-9H3,(H,34,35)/t18?,20?,22?,23-/m1/s1. The van der Waals surface area contributed by atoms with E-state index < -0.39 is 35.3 Å². The quantitative estimate of drug-likeness (QED) is 0.474. The number of carboxylic acids is 1. The largest absolute Gasteiger partial charge is 0.496 e. The lowest BCUT2D eigenvalue weighted by atomic mass is 9.78. The first kappa shape index (κ1) is 28.8. The number of carboxylic acid groups (broad SMARTS) is 1. The third kappa shape index (κ3) is 5.74. The van der Waals surface area contributed by atoms with Gasteiger partial charge in [0.15, 0.2) is 0 Å². The monoisotopic (exact) mass is 528 g/mol. The maximum absolute atomic E-state index is 14.3. The van der Waals surface area contributed by atoms with Crippen LogP contribution in [0.3, 0.4) is 0 Å². The van der Waals surface area contributed by atoms with Crippen LogP contribution in [0.15, 0.2) is 29.8 Å². The maximum atomic E-state index is 14.3. The Kier molecular flexibility index (Phi) is 8.22. The van der Waals surface area contributed by atoms with Gasteiger partial charge >= 0.3 is 5.97 Å². The molecule has 3 unspecified atom stereocenters. The van der Waals surface area contributed by atoms with E-state index in [1.54, 1.807) is 30.3 Å². The van der Waals surface area contributed by atoms with Crippen LogP contribution in [0.4, 0.5) is 0 Å². The summed E-state index contributed by atoms with van der Waals surface area (Å²) in [4.78, 5) is 46.7. The second-order valence-corrected chi connectivity index (χ2v) is 13.3. The highest BCUT2D eigenvalue weighted by Crippen LogP contribution is 2.48. The molecule has 2 heterocycles. The number of Topliss-reactive ketones (excluding diaryl/α,β-unsaturated/α-hetero) is 1. The van der Waals surface area contributed by atoms with Crippen LogP contribution < -0.4 is 4.74 Å². The number of likely N-dealkylation sites (tertiary alicyclic amines) is 1. The summed E-state index contributed by atoms with van der Waals surface area (Å²) >= 11 is 1.38. The molecule has 1 aromatic carbocycles. The number of rotatable bonds is 7. The SMILES string of the molecule is COc1cc(C(=O)N2C(C(C(=O)O)C(C)C)CC(C(=O)C(C)(C)C)[C@@H]2c2nccs2)ccc1C(C)(C)C. The second-order valence-electron chi connectivity index (χ2n) is 12.3. The molecule has 0 spiro atoms. The number of nitrogens with zero attached hydrogens (tertiary/aromatic N) is 2. The Hall–Kier alpha value is -2.74. The van der Waals surface area contributed by atoms with E-state index in [9.17, 15) is 19.5 Å². The third-order valence-electron chi connectivity index (χ3n) is 7.22. The van der Waals surface area contributed by atoms with Gasteiger partial charge in [-0.25, -0.2) is 4.98 Å². The fourth-order valence-electron chi connectivity index (χ4n) is 5.46. The molecule has 1 aromatic heterocycles. The maximum Gasteiger partial charge on any atom is 0.308 e. The van der Waals surface area contributed by atoms with Crippen molar-refractivity contribution in [2.24, 2.45) is 23.2 Å². The molecule has 1 fully saturated rings. The van der Waals surface area contributed by atoms with Gasteiger partial charge in [0.2, 0.25) is 0 Å². The number of methoxy groups -OCH3 is 1. The molecular formula is C29H40N2O5S. The molecule has 3 rings (SSSR count). The summed E-state index contributed by atoms with van der Waals surface area (Å²) in [6.45, 7) is 15.5. The van der Waals surface area contributed by atoms with E-state index in [0.717, 1.165) is 5.56 Å². The zero-order valence-corrected chi connectivity index (χ0v) is 24.2. The molecule has 7 nitrogen and oxygen atoms in total. The highest BCUT2D eigenvalue weighted by molar-refractivity contribution is 7.09. The fourth-order valence-corrected chi connectivity index (χ4v) is 6.26. The second kappa shape index (κ2) is 10.6. The molecule has 0 bridgehead atoms. The Balaban J connectivity index is 2.22. The van der Waals surface area contributed by atoms with Gasteiger partial charge in [-0.15, -0.1) is 11.3 Å². The summed E-state index contributed by atoms with van der Waals surface area (Å²) in [5.41, 5.74) is 0.515. The zero-order valence-electron chi connectivity index (χ0n) is 23.4. The minimum absolute atomic E-state index is 0.00144. The highest BCUT2D eigenvalue weighted by Gasteiger charge is 2.54. The number of carbonyl (C=O) groups excluding carboxylic acids is 2. The van der Waals surface area contributed by atoms with Crippen LogP contribution in [-0.2, 0) is 15.0 Å². The van der Waals surface area contributed by atoms with Crippen molar-refractivity contribution in [1.29, 1.82) is 0 Å². The van der Waals surface area contributed by atoms with Crippen molar-refractivity contribution >= 4 is 29.0 Å². The van der Waals surface area contributed by atoms with Crippen molar-refractivity contribution < 1.29 is 24.2 Å². The molecule has 0 saturated carbocycles. The van der Waals surface area contributed by atoms with Crippen molar-refractivity contribution in [2.75, 3.05) is 7.11 Å².